The lowest BCUT2D eigenvalue weighted by Crippen LogP contribution is -2.13. The van der Waals surface area contributed by atoms with Gasteiger partial charge in [-0.15, -0.1) is 11.6 Å². The molecule has 0 amide bonds. The number of rotatable bonds is 3. The Bertz CT molecular complexity index is 562. The largest absolute Gasteiger partial charge is 0.379 e. The van der Waals surface area contributed by atoms with E-state index < -0.39 is 0 Å². The van der Waals surface area contributed by atoms with Crippen molar-refractivity contribution in [3.63, 3.8) is 0 Å². The molecule has 1 aliphatic rings. The molecule has 0 aliphatic carbocycles. The van der Waals surface area contributed by atoms with E-state index in [9.17, 15) is 0 Å². The molecule has 19 heavy (non-hydrogen) atoms. The summed E-state index contributed by atoms with van der Waals surface area (Å²) in [5, 5.41) is 4.74. The van der Waals surface area contributed by atoms with Crippen molar-refractivity contribution in [3.05, 3.63) is 35.3 Å². The van der Waals surface area contributed by atoms with Crippen molar-refractivity contribution in [2.45, 2.75) is 32.2 Å². The fourth-order valence-electron chi connectivity index (χ4n) is 2.69. The van der Waals surface area contributed by atoms with Gasteiger partial charge in [0.1, 0.15) is 0 Å². The maximum Gasteiger partial charge on any atom is 0.159 e. The minimum atomic E-state index is 0.318. The molecule has 0 unspecified atom stereocenters. The molecule has 1 atom stereocenters. The first kappa shape index (κ1) is 12.8. The minimum Gasteiger partial charge on any atom is -0.379 e. The first-order chi connectivity index (χ1) is 9.20. The van der Waals surface area contributed by atoms with E-state index in [1.807, 2.05) is 4.68 Å². The molecule has 0 spiro atoms. The highest BCUT2D eigenvalue weighted by molar-refractivity contribution is 6.16. The van der Waals surface area contributed by atoms with Crippen molar-refractivity contribution >= 4 is 11.6 Å². The van der Waals surface area contributed by atoms with E-state index in [2.05, 4.69) is 36.6 Å². The molecular weight excluding hydrogens is 262 g/mol. The van der Waals surface area contributed by atoms with Gasteiger partial charge in [-0.1, -0.05) is 0 Å². The van der Waals surface area contributed by atoms with Gasteiger partial charge in [0.15, 0.2) is 5.82 Å². The van der Waals surface area contributed by atoms with Crippen LogP contribution >= 0.6 is 11.6 Å². The van der Waals surface area contributed by atoms with Gasteiger partial charge in [0, 0.05) is 24.1 Å². The van der Waals surface area contributed by atoms with Gasteiger partial charge in [-0.3, -0.25) is 4.68 Å². The highest BCUT2D eigenvalue weighted by Gasteiger charge is 2.22. The number of hydrogen-bond acceptors (Lipinski definition) is 2. The van der Waals surface area contributed by atoms with Crippen LogP contribution in [0.3, 0.4) is 0 Å². The number of ether oxygens (including phenoxy) is 1. The Balaban J connectivity index is 2.04. The second-order valence-electron chi connectivity index (χ2n) is 5.04. The molecule has 0 saturated carbocycles. The molecule has 1 aliphatic heterocycles. The molecule has 102 valence electrons. The third kappa shape index (κ3) is 2.19. The Morgan fingerprint density at radius 3 is 2.68 bits per heavy atom. The summed E-state index contributed by atoms with van der Waals surface area (Å²) in [6.45, 7) is 5.72. The summed E-state index contributed by atoms with van der Waals surface area (Å²) < 4.78 is 9.64. The highest BCUT2D eigenvalue weighted by atomic mass is 35.5. The molecule has 5 heteroatoms. The standard InChI is InChI=1S/C14H18ClN3O/c1-10-3-4-11(2)17(10)14-7-13(8-15)18(16-14)12-5-6-19-9-12/h3-4,7,12H,5-6,8-9H2,1-2H3/t12-/m1/s1. The SMILES string of the molecule is Cc1ccc(C)n1-c1cc(CCl)n([C@@H]2CCOC2)n1. The lowest BCUT2D eigenvalue weighted by Gasteiger charge is -2.11. The van der Waals surface area contributed by atoms with Crippen LogP contribution in [0, 0.1) is 13.8 Å². The van der Waals surface area contributed by atoms with E-state index in [1.54, 1.807) is 0 Å². The maximum atomic E-state index is 6.05. The van der Waals surface area contributed by atoms with Gasteiger partial charge in [-0.05, 0) is 32.4 Å². The third-order valence-corrected chi connectivity index (χ3v) is 3.96. The van der Waals surface area contributed by atoms with E-state index in [-0.39, 0.29) is 0 Å². The fraction of sp³-hybridized carbons (Fsp3) is 0.500. The number of alkyl halides is 1. The summed E-state index contributed by atoms with van der Waals surface area (Å²) in [6, 6.07) is 6.60. The molecule has 1 fully saturated rings. The molecule has 1 saturated heterocycles. The zero-order valence-electron chi connectivity index (χ0n) is 11.3. The fourth-order valence-corrected chi connectivity index (χ4v) is 2.89. The number of aromatic nitrogens is 3. The van der Waals surface area contributed by atoms with Gasteiger partial charge < -0.3 is 9.30 Å². The second kappa shape index (κ2) is 5.02. The van der Waals surface area contributed by atoms with Gasteiger partial charge in [-0.2, -0.15) is 5.10 Å². The summed E-state index contributed by atoms with van der Waals surface area (Å²) in [5.41, 5.74) is 3.43. The average Bonchev–Trinajstić information content (AvgIpc) is 3.09. The monoisotopic (exact) mass is 279 g/mol. The van der Waals surface area contributed by atoms with Crippen LogP contribution in [0.5, 0.6) is 0 Å². The van der Waals surface area contributed by atoms with Crippen LogP contribution < -0.4 is 0 Å². The van der Waals surface area contributed by atoms with Gasteiger partial charge in [0.05, 0.1) is 24.2 Å². The van der Waals surface area contributed by atoms with Crippen LogP contribution in [0.2, 0.25) is 0 Å². The Morgan fingerprint density at radius 2 is 2.11 bits per heavy atom. The van der Waals surface area contributed by atoms with E-state index >= 15 is 0 Å². The molecule has 0 radical (unpaired) electrons. The molecule has 2 aromatic rings. The van der Waals surface area contributed by atoms with Crippen LogP contribution in [0.25, 0.3) is 5.82 Å². The van der Waals surface area contributed by atoms with Gasteiger partial charge in [-0.25, -0.2) is 0 Å². The summed E-state index contributed by atoms with van der Waals surface area (Å²) in [4.78, 5) is 0. The quantitative estimate of drug-likeness (QED) is 0.809. The van der Waals surface area contributed by atoms with Crippen molar-refractivity contribution in [2.24, 2.45) is 0 Å². The lowest BCUT2D eigenvalue weighted by atomic mass is 10.2. The zero-order chi connectivity index (χ0) is 13.4. The van der Waals surface area contributed by atoms with Crippen LogP contribution in [0.1, 0.15) is 29.5 Å². The zero-order valence-corrected chi connectivity index (χ0v) is 12.0. The predicted molar refractivity (Wildman–Crippen MR) is 75.1 cm³/mol. The average molecular weight is 280 g/mol. The van der Waals surface area contributed by atoms with Crippen molar-refractivity contribution in [2.75, 3.05) is 13.2 Å². The smallest absolute Gasteiger partial charge is 0.159 e. The maximum absolute atomic E-state index is 6.05. The summed E-state index contributed by atoms with van der Waals surface area (Å²) >= 11 is 6.05. The highest BCUT2D eigenvalue weighted by Crippen LogP contribution is 2.24. The molecule has 0 bridgehead atoms. The normalized spacial score (nSPS) is 19.2. The molecule has 3 rings (SSSR count). The second-order valence-corrected chi connectivity index (χ2v) is 5.31. The predicted octanol–water partition coefficient (Wildman–Crippen LogP) is 2.99. The first-order valence-electron chi connectivity index (χ1n) is 6.58. The number of aryl methyl sites for hydroxylation is 2. The van der Waals surface area contributed by atoms with Crippen LogP contribution in [0.4, 0.5) is 0 Å². The van der Waals surface area contributed by atoms with Gasteiger partial charge >= 0.3 is 0 Å². The molecular formula is C14H18ClN3O. The van der Waals surface area contributed by atoms with Gasteiger partial charge in [0.25, 0.3) is 0 Å². The Hall–Kier alpha value is -1.26. The molecule has 0 N–H and O–H groups in total. The van der Waals surface area contributed by atoms with E-state index in [4.69, 9.17) is 21.4 Å². The van der Waals surface area contributed by atoms with Crippen LogP contribution in [0.15, 0.2) is 18.2 Å². The third-order valence-electron chi connectivity index (χ3n) is 3.69. The van der Waals surface area contributed by atoms with E-state index in [1.165, 1.54) is 11.4 Å². The van der Waals surface area contributed by atoms with Crippen LogP contribution in [-0.4, -0.2) is 27.6 Å². The van der Waals surface area contributed by atoms with Crippen molar-refractivity contribution in [3.8, 4) is 5.82 Å². The van der Waals surface area contributed by atoms with E-state index in [0.29, 0.717) is 11.9 Å². The molecule has 0 aromatic carbocycles. The summed E-state index contributed by atoms with van der Waals surface area (Å²) in [7, 11) is 0. The van der Waals surface area contributed by atoms with Crippen molar-refractivity contribution in [1.82, 2.24) is 14.3 Å². The lowest BCUT2D eigenvalue weighted by molar-refractivity contribution is 0.184. The van der Waals surface area contributed by atoms with Crippen molar-refractivity contribution in [1.29, 1.82) is 0 Å². The minimum absolute atomic E-state index is 0.318. The Kier molecular flexibility index (Phi) is 3.37. The molecule has 2 aromatic heterocycles. The number of hydrogen-bond donors (Lipinski definition) is 0. The van der Waals surface area contributed by atoms with Gasteiger partial charge in [0.2, 0.25) is 0 Å². The summed E-state index contributed by atoms with van der Waals surface area (Å²) in [5.74, 6) is 1.42. The number of nitrogens with zero attached hydrogens (tertiary/aromatic N) is 3. The van der Waals surface area contributed by atoms with Crippen molar-refractivity contribution < 1.29 is 4.74 Å². The topological polar surface area (TPSA) is 32.0 Å². The number of halogens is 1. The first-order valence-corrected chi connectivity index (χ1v) is 7.11. The Morgan fingerprint density at radius 1 is 1.37 bits per heavy atom. The van der Waals surface area contributed by atoms with E-state index in [0.717, 1.165) is 31.1 Å². The molecule has 3 heterocycles. The summed E-state index contributed by atoms with van der Waals surface area (Å²) in [6.07, 6.45) is 1.01. The van der Waals surface area contributed by atoms with Crippen LogP contribution in [-0.2, 0) is 10.6 Å². The Labute approximate surface area is 117 Å². The molecule has 4 nitrogen and oxygen atoms in total.